The number of quaternary nitrogens is 3. The highest BCUT2D eigenvalue weighted by atomic mass is 32.1. The van der Waals surface area contributed by atoms with Gasteiger partial charge in [-0.15, -0.1) is 0 Å². The third kappa shape index (κ3) is 6.43. The summed E-state index contributed by atoms with van der Waals surface area (Å²) in [5, 5.41) is 2.53. The van der Waals surface area contributed by atoms with Gasteiger partial charge in [-0.05, 0) is 156 Å². The zero-order chi connectivity index (χ0) is 58.1. The maximum absolute atomic E-state index is 5.39. The van der Waals surface area contributed by atoms with E-state index in [4.69, 9.17) is 12.6 Å². The molecule has 6 aliphatic rings. The highest BCUT2D eigenvalue weighted by Gasteiger charge is 3.11. The molecule has 9 aromatic carbocycles. The van der Waals surface area contributed by atoms with Gasteiger partial charge in [-0.25, -0.2) is 0 Å². The molecule has 0 N–H and O–H groups in total. The Hall–Kier alpha value is -8.36. The zero-order valence-corrected chi connectivity index (χ0v) is 51.2. The van der Waals surface area contributed by atoms with Gasteiger partial charge < -0.3 is 0 Å². The molecule has 1 aliphatic carbocycles. The van der Waals surface area contributed by atoms with E-state index in [1.807, 2.05) is 0 Å². The van der Waals surface area contributed by atoms with Gasteiger partial charge in [-0.3, -0.25) is 0 Å². The van der Waals surface area contributed by atoms with E-state index in [0.29, 0.717) is 13.8 Å². The van der Waals surface area contributed by atoms with Crippen LogP contribution in [0.2, 0.25) is 0 Å². The minimum absolute atomic E-state index is 0.0922. The predicted octanol–water partition coefficient (Wildman–Crippen LogP) is 20.6. The molecule has 5 aliphatic heterocycles. The van der Waals surface area contributed by atoms with Crippen LogP contribution in [-0.4, -0.2) is 15.6 Å². The normalized spacial score (nSPS) is 22.6. The van der Waals surface area contributed by atoms with E-state index < -0.39 is 0 Å². The van der Waals surface area contributed by atoms with Crippen LogP contribution in [0.15, 0.2) is 225 Å². The first-order valence-electron chi connectivity index (χ1n) is 30.6. The lowest BCUT2D eigenvalue weighted by Gasteiger charge is -2.36. The molecule has 6 heteroatoms. The Balaban J connectivity index is 1.09. The average Bonchev–Trinajstić information content (AvgIpc) is 1.39. The Kier molecular flexibility index (Phi) is 10.1. The van der Waals surface area contributed by atoms with E-state index in [1.165, 1.54) is 145 Å². The van der Waals surface area contributed by atoms with Crippen LogP contribution in [0.25, 0.3) is 88.8 Å². The largest absolute Gasteiger partial charge is 0.498 e. The van der Waals surface area contributed by atoms with Gasteiger partial charge in [0.15, 0.2) is 6.20 Å². The SMILES string of the molecule is CC1(S)C=CC=C(c2cccc(-c3cc(C(C)(C)C)cc(C(C)(C)C)c3)c2[N+]23c4ccccc4[N+]24c2cccc5c2[N+]2(c6c(ccc7c8ccccc8n(c67)-c6cc(C(C)(C)C)cc[n+]62)-c2cc(-c6ccccc6)c(-c6ccccc6)cc2-5)C43)C1. The smallest absolute Gasteiger partial charge is 0.181 e. The lowest BCUT2D eigenvalue weighted by molar-refractivity contribution is -0.793. The molecular weight excluding hydrogens is 1050 g/mol. The number of aromatic nitrogens is 2. The minimum atomic E-state index is -0.335. The van der Waals surface area contributed by atoms with Crippen molar-refractivity contribution in [3.05, 3.63) is 247 Å². The number of allylic oxidation sites excluding steroid dienone is 3. The van der Waals surface area contributed by atoms with Crippen molar-refractivity contribution in [3.8, 4) is 61.5 Å². The van der Waals surface area contributed by atoms with Crippen LogP contribution in [0.4, 0.5) is 34.1 Å². The van der Waals surface area contributed by atoms with Crippen molar-refractivity contribution in [1.29, 1.82) is 0 Å². The highest BCUT2D eigenvalue weighted by molar-refractivity contribution is 7.82. The van der Waals surface area contributed by atoms with Crippen molar-refractivity contribution < 1.29 is 4.68 Å². The molecule has 7 heterocycles. The lowest BCUT2D eigenvalue weighted by atomic mass is 9.78. The van der Waals surface area contributed by atoms with Crippen molar-refractivity contribution >= 4 is 74.1 Å². The van der Waals surface area contributed by atoms with Gasteiger partial charge in [0.1, 0.15) is 5.52 Å². The number of hydrogen-bond acceptors (Lipinski definition) is 1. The molecule has 0 radical (unpaired) electrons. The minimum Gasteiger partial charge on any atom is -0.181 e. The van der Waals surface area contributed by atoms with Gasteiger partial charge in [-0.1, -0.05) is 196 Å². The van der Waals surface area contributed by atoms with E-state index >= 15 is 0 Å². The maximum Gasteiger partial charge on any atom is 0.498 e. The number of para-hydroxylation sites is 5. The summed E-state index contributed by atoms with van der Waals surface area (Å²) in [4.78, 5) is 0. The molecule has 17 rings (SSSR count). The summed E-state index contributed by atoms with van der Waals surface area (Å²) in [6, 6.07) is 78.2. The fraction of sp³-hybridized carbons (Fsp3) is 0.203. The molecule has 414 valence electrons. The Bertz CT molecular complexity index is 4810. The number of hydrogen-bond donors (Lipinski definition) is 1. The lowest BCUT2D eigenvalue weighted by Crippen LogP contribution is -2.74. The van der Waals surface area contributed by atoms with Crippen molar-refractivity contribution in [2.75, 3.05) is 0 Å². The van der Waals surface area contributed by atoms with Crippen LogP contribution in [0.5, 0.6) is 0 Å². The summed E-state index contributed by atoms with van der Waals surface area (Å²) in [5.74, 6) is 1.17. The van der Waals surface area contributed by atoms with Crippen molar-refractivity contribution in [2.45, 2.75) is 103 Å². The third-order valence-corrected chi connectivity index (χ3v) is 20.5. The zero-order valence-electron chi connectivity index (χ0n) is 50.3. The molecule has 85 heavy (non-hydrogen) atoms. The monoisotopic (exact) mass is 1120 g/mol. The molecule has 0 bridgehead atoms. The Morgan fingerprint density at radius 2 is 1.02 bits per heavy atom. The molecule has 0 saturated carbocycles. The van der Waals surface area contributed by atoms with Crippen molar-refractivity contribution in [3.63, 3.8) is 0 Å². The maximum atomic E-state index is 5.39. The number of rotatable bonds is 5. The van der Waals surface area contributed by atoms with Crippen LogP contribution in [0, 0.1) is 0 Å². The third-order valence-electron chi connectivity index (χ3n) is 20.2. The summed E-state index contributed by atoms with van der Waals surface area (Å²) >= 11 is 5.39. The van der Waals surface area contributed by atoms with Crippen LogP contribution in [-0.2, 0) is 16.2 Å². The predicted molar refractivity (Wildman–Crippen MR) is 360 cm³/mol. The Labute approximate surface area is 505 Å². The molecule has 0 amide bonds. The molecule has 5 nitrogen and oxygen atoms in total. The Morgan fingerprint density at radius 1 is 0.459 bits per heavy atom. The summed E-state index contributed by atoms with van der Waals surface area (Å²) in [5.41, 5.74) is 29.2. The number of fused-ring (bicyclic) bond motifs is 11. The standard InChI is InChI=1S/C79H70N5S/c1-76(2,3)53-39-41-80-70(45-53)81-66-33-18-17-29-58(66)59-37-38-61-65-47-63(50-26-15-12-16-27-50)62(49-24-13-11-14-25-49)46-64(65)60-32-22-36-69-73(60)82(80,74(61)71(59)81)75-83(69)67-34-19-20-35-68(67)84(75,83)72-56(51-28-23-40-79(10,85)48-51)30-21-31-57(72)52-42-54(77(4,5)6)44-55(43-52)78(7,8)9/h11-47,75H,48H2,1-10H3/q+3/p+1. The van der Waals surface area contributed by atoms with E-state index in [9.17, 15) is 0 Å². The van der Waals surface area contributed by atoms with Gasteiger partial charge in [0.05, 0.1) is 11.1 Å². The fourth-order valence-corrected chi connectivity index (χ4v) is 16.6. The average molecular weight is 1120 g/mol. The van der Waals surface area contributed by atoms with E-state index in [2.05, 4.69) is 303 Å². The topological polar surface area (TPSA) is 8.81 Å². The van der Waals surface area contributed by atoms with Gasteiger partial charge in [0, 0.05) is 64.7 Å². The van der Waals surface area contributed by atoms with Gasteiger partial charge in [0.25, 0.3) is 22.7 Å². The van der Waals surface area contributed by atoms with Gasteiger partial charge in [0.2, 0.25) is 16.9 Å². The van der Waals surface area contributed by atoms with E-state index in [-0.39, 0.29) is 27.3 Å². The molecule has 5 unspecified atom stereocenters. The van der Waals surface area contributed by atoms with Gasteiger partial charge >= 0.3 is 12.1 Å². The Morgan fingerprint density at radius 3 is 1.67 bits per heavy atom. The molecule has 1 fully saturated rings. The van der Waals surface area contributed by atoms with Crippen molar-refractivity contribution in [2.24, 2.45) is 0 Å². The number of benzene rings is 9. The second kappa shape index (κ2) is 16.7. The number of nitrogens with zero attached hydrogens (tertiary/aromatic N) is 5. The summed E-state index contributed by atoms with van der Waals surface area (Å²) in [7, 11) is 0. The fourth-order valence-electron chi connectivity index (χ4n) is 16.4. The second-order valence-electron chi connectivity index (χ2n) is 28.4. The van der Waals surface area contributed by atoms with Crippen LogP contribution in [0.3, 0.4) is 0 Å². The second-order valence-corrected chi connectivity index (χ2v) is 29.4. The summed E-state index contributed by atoms with van der Waals surface area (Å²) in [6.07, 6.45) is 10.0. The van der Waals surface area contributed by atoms with E-state index in [1.54, 1.807) is 0 Å². The van der Waals surface area contributed by atoms with E-state index in [0.717, 1.165) is 6.42 Å². The quantitative estimate of drug-likeness (QED) is 0.0761. The van der Waals surface area contributed by atoms with Crippen LogP contribution < -0.4 is 18.5 Å². The molecular formula is C79H71N5S+4. The molecule has 1 saturated heterocycles. The summed E-state index contributed by atoms with van der Waals surface area (Å²) in [6.45, 7) is 23.6. The van der Waals surface area contributed by atoms with Crippen LogP contribution in [0.1, 0.15) is 97.9 Å². The molecule has 5 atom stereocenters. The first-order valence-corrected chi connectivity index (χ1v) is 31.0. The summed E-state index contributed by atoms with van der Waals surface area (Å²) < 4.78 is 6.74. The molecule has 2 spiro atoms. The van der Waals surface area contributed by atoms with Gasteiger partial charge in [-0.2, -0.15) is 17.2 Å². The number of thiol groups is 1. The molecule has 2 aromatic heterocycles. The highest BCUT2D eigenvalue weighted by Crippen LogP contribution is 2.86. The molecule has 11 aromatic rings. The van der Waals surface area contributed by atoms with Crippen LogP contribution >= 0.6 is 12.6 Å². The van der Waals surface area contributed by atoms with Crippen molar-refractivity contribution in [1.82, 2.24) is 18.3 Å². The number of pyridine rings is 1. The first kappa shape index (κ1) is 51.1. The first-order chi connectivity index (χ1) is 40.8.